The van der Waals surface area contributed by atoms with Crippen molar-refractivity contribution in [3.63, 3.8) is 0 Å². The van der Waals surface area contributed by atoms with Crippen molar-refractivity contribution in [1.82, 2.24) is 31.2 Å². The lowest BCUT2D eigenvalue weighted by molar-refractivity contribution is -0.142. The van der Waals surface area contributed by atoms with Gasteiger partial charge < -0.3 is 36.0 Å². The molecule has 18 heteroatoms. The van der Waals surface area contributed by atoms with Crippen molar-refractivity contribution in [1.29, 1.82) is 0 Å². The summed E-state index contributed by atoms with van der Waals surface area (Å²) in [6.07, 6.45) is 1.39. The molecule has 58 heavy (non-hydrogen) atoms. The van der Waals surface area contributed by atoms with Gasteiger partial charge in [-0.25, -0.2) is 5.48 Å². The third-order valence-corrected chi connectivity index (χ3v) is 9.61. The van der Waals surface area contributed by atoms with Crippen LogP contribution in [0.5, 0.6) is 5.75 Å². The van der Waals surface area contributed by atoms with E-state index in [4.69, 9.17) is 14.9 Å². The molecule has 0 spiro atoms. The molecule has 0 saturated carbocycles. The number of carboxylic acid groups (broad SMARTS) is 3. The van der Waals surface area contributed by atoms with Crippen LogP contribution in [0.25, 0.3) is 0 Å². The molecule has 0 saturated heterocycles. The van der Waals surface area contributed by atoms with Gasteiger partial charge in [-0.3, -0.25) is 48.6 Å². The van der Waals surface area contributed by atoms with Gasteiger partial charge in [-0.05, 0) is 67.3 Å². The molecular weight excluding hydrogens is 756 g/mol. The number of hydrogen-bond donors (Lipinski definition) is 8. The molecule has 4 rings (SSSR count). The normalized spacial score (nSPS) is 17.3. The summed E-state index contributed by atoms with van der Waals surface area (Å²) < 4.78 is 5.83. The van der Waals surface area contributed by atoms with Crippen LogP contribution in [0.4, 0.5) is 0 Å². The molecule has 4 amide bonds. The number of hydrogen-bond acceptors (Lipinski definition) is 11. The fraction of sp³-hybridized carbons (Fsp3) is 0.500. The molecule has 0 aliphatic carbocycles. The molecular formula is C40H55N6O12. The van der Waals surface area contributed by atoms with Crippen LogP contribution in [0.15, 0.2) is 48.5 Å². The fourth-order valence-electron chi connectivity index (χ4n) is 6.58. The molecule has 1 radical (unpaired) electrons. The van der Waals surface area contributed by atoms with Crippen LogP contribution in [-0.2, 0) is 53.1 Å². The SMILES string of the molecule is C[C](CCN(CC(=O)O)CC(=O)NCc1ccc(CNC(=O)[C@@H]2Cc3ccc(cc3)OCCC[C@H](C(=O)NO)[C@@H](CC(C)C)C(=O)N2)cc1)N(CC(=O)O)CC(=O)O. The van der Waals surface area contributed by atoms with Gasteiger partial charge >= 0.3 is 17.9 Å². The molecule has 317 valence electrons. The van der Waals surface area contributed by atoms with E-state index in [1.807, 2.05) is 26.0 Å². The highest BCUT2D eigenvalue weighted by Crippen LogP contribution is 2.27. The number of aliphatic carboxylic acids is 3. The number of ether oxygens (including phenoxy) is 1. The maximum Gasteiger partial charge on any atom is 0.317 e. The molecule has 2 aromatic carbocycles. The Kier molecular flexibility index (Phi) is 19.0. The fourth-order valence-corrected chi connectivity index (χ4v) is 6.58. The average Bonchev–Trinajstić information content (AvgIpc) is 3.16. The minimum Gasteiger partial charge on any atom is -0.494 e. The number of hydroxylamine groups is 1. The first-order chi connectivity index (χ1) is 27.5. The highest BCUT2D eigenvalue weighted by Gasteiger charge is 2.36. The van der Waals surface area contributed by atoms with Crippen molar-refractivity contribution in [2.75, 3.05) is 39.3 Å². The summed E-state index contributed by atoms with van der Waals surface area (Å²) in [7, 11) is 0. The van der Waals surface area contributed by atoms with Gasteiger partial charge in [0, 0.05) is 38.0 Å². The molecule has 18 nitrogen and oxygen atoms in total. The van der Waals surface area contributed by atoms with Crippen molar-refractivity contribution in [3.8, 4) is 5.75 Å². The second kappa shape index (κ2) is 23.6. The minimum absolute atomic E-state index is 0.0399. The topological polar surface area (TPSA) is 264 Å². The van der Waals surface area contributed by atoms with E-state index < -0.39 is 79.0 Å². The molecule has 0 aromatic heterocycles. The third-order valence-electron chi connectivity index (χ3n) is 9.61. The first-order valence-electron chi connectivity index (χ1n) is 19.1. The summed E-state index contributed by atoms with van der Waals surface area (Å²) in [6, 6.07) is 13.7. The van der Waals surface area contributed by atoms with Gasteiger partial charge in [0.15, 0.2) is 0 Å². The monoisotopic (exact) mass is 811 g/mol. The van der Waals surface area contributed by atoms with E-state index in [9.17, 15) is 43.9 Å². The summed E-state index contributed by atoms with van der Waals surface area (Å²) >= 11 is 0. The first kappa shape index (κ1) is 46.8. The van der Waals surface area contributed by atoms with Crippen LogP contribution in [0.1, 0.15) is 63.1 Å². The van der Waals surface area contributed by atoms with E-state index in [1.165, 1.54) is 4.90 Å². The number of nitrogens with zero attached hydrogens (tertiary/aromatic N) is 2. The summed E-state index contributed by atoms with van der Waals surface area (Å²) in [5.74, 6) is -6.67. The van der Waals surface area contributed by atoms with Crippen LogP contribution < -0.4 is 26.2 Å². The summed E-state index contributed by atoms with van der Waals surface area (Å²) in [4.78, 5) is 89.4. The Hall–Kier alpha value is -5.59. The second-order valence-electron chi connectivity index (χ2n) is 14.8. The molecule has 3 atom stereocenters. The molecule has 2 aromatic rings. The van der Waals surface area contributed by atoms with Gasteiger partial charge in [0.05, 0.1) is 38.7 Å². The number of fused-ring (bicyclic) bond motifs is 11. The van der Waals surface area contributed by atoms with Gasteiger partial charge in [-0.1, -0.05) is 50.2 Å². The molecule has 2 heterocycles. The quantitative estimate of drug-likeness (QED) is 0.0695. The lowest BCUT2D eigenvalue weighted by Crippen LogP contribution is -2.51. The van der Waals surface area contributed by atoms with Crippen LogP contribution in [0.3, 0.4) is 0 Å². The van der Waals surface area contributed by atoms with E-state index in [-0.39, 0.29) is 51.4 Å². The number of benzene rings is 2. The van der Waals surface area contributed by atoms with Crippen molar-refractivity contribution in [2.45, 2.75) is 72.0 Å². The van der Waals surface area contributed by atoms with Gasteiger partial charge in [0.2, 0.25) is 23.6 Å². The average molecular weight is 812 g/mol. The summed E-state index contributed by atoms with van der Waals surface area (Å²) in [5, 5.41) is 45.6. The molecule has 0 unspecified atom stereocenters. The third kappa shape index (κ3) is 16.5. The van der Waals surface area contributed by atoms with E-state index in [0.29, 0.717) is 31.2 Å². The van der Waals surface area contributed by atoms with Gasteiger partial charge in [0.1, 0.15) is 11.8 Å². The van der Waals surface area contributed by atoms with E-state index in [0.717, 1.165) is 21.6 Å². The Morgan fingerprint density at radius 3 is 1.97 bits per heavy atom. The standard InChI is InChI=1S/C40H55N6O12/c1-25(2)17-32-31(39(55)44-57)5-4-16-58-30-12-10-27(11-13-30)18-33(43-38(32)54)40(56)42-20-29-8-6-28(7-9-29)19-41-34(47)21-45(22-35(48)49)15-14-26(3)46(23-36(50)51)24-37(52)53/h6-13,25,31-33,57H,4-5,14-24H2,1-3H3,(H,41,47)(H,42,56)(H,43,54)(H,44,55)(H,48,49)(H,50,51)(H,52,53)/t31-,32+,33-/m0/s1. The lowest BCUT2D eigenvalue weighted by Gasteiger charge is -2.29. The van der Waals surface area contributed by atoms with Gasteiger partial charge in [-0.2, -0.15) is 0 Å². The minimum atomic E-state index is -1.22. The van der Waals surface area contributed by atoms with Crippen LogP contribution in [-0.4, -0.2) is 117 Å². The smallest absolute Gasteiger partial charge is 0.317 e. The molecule has 2 bridgehead atoms. The van der Waals surface area contributed by atoms with Gasteiger partial charge in [0.25, 0.3) is 0 Å². The molecule has 0 fully saturated rings. The highest BCUT2D eigenvalue weighted by molar-refractivity contribution is 5.91. The van der Waals surface area contributed by atoms with E-state index in [2.05, 4.69) is 16.0 Å². The predicted octanol–water partition coefficient (Wildman–Crippen LogP) is 1.40. The van der Waals surface area contributed by atoms with E-state index >= 15 is 0 Å². The highest BCUT2D eigenvalue weighted by atomic mass is 16.5. The van der Waals surface area contributed by atoms with Crippen LogP contribution >= 0.6 is 0 Å². The zero-order valence-corrected chi connectivity index (χ0v) is 33.1. The Morgan fingerprint density at radius 2 is 1.41 bits per heavy atom. The Bertz CT molecular complexity index is 1690. The van der Waals surface area contributed by atoms with Crippen molar-refractivity contribution < 1.29 is 58.8 Å². The maximum absolute atomic E-state index is 13.8. The maximum atomic E-state index is 13.8. The number of nitrogens with one attached hydrogen (secondary N) is 4. The Labute approximate surface area is 337 Å². The van der Waals surface area contributed by atoms with Crippen LogP contribution in [0, 0.1) is 23.8 Å². The molecule has 2 aliphatic heterocycles. The largest absolute Gasteiger partial charge is 0.494 e. The van der Waals surface area contributed by atoms with Crippen LogP contribution in [0.2, 0.25) is 0 Å². The summed E-state index contributed by atoms with van der Waals surface area (Å²) in [5.41, 5.74) is 3.93. The number of carbonyl (C=O) groups is 7. The molecule has 8 N–H and O–H groups in total. The Balaban J connectivity index is 1.62. The van der Waals surface area contributed by atoms with E-state index in [1.54, 1.807) is 48.8 Å². The Morgan fingerprint density at radius 1 is 0.828 bits per heavy atom. The summed E-state index contributed by atoms with van der Waals surface area (Å²) in [6.45, 7) is 4.19. The van der Waals surface area contributed by atoms with Crippen molar-refractivity contribution >= 4 is 41.5 Å². The number of rotatable bonds is 20. The van der Waals surface area contributed by atoms with Gasteiger partial charge in [-0.15, -0.1) is 0 Å². The number of amides is 4. The zero-order valence-electron chi connectivity index (χ0n) is 33.1. The second-order valence-corrected chi connectivity index (χ2v) is 14.8. The zero-order chi connectivity index (χ0) is 42.8. The van der Waals surface area contributed by atoms with Crippen molar-refractivity contribution in [2.24, 2.45) is 17.8 Å². The van der Waals surface area contributed by atoms with Crippen molar-refractivity contribution in [3.05, 3.63) is 71.3 Å². The lowest BCUT2D eigenvalue weighted by atomic mass is 9.81. The predicted molar refractivity (Wildman–Crippen MR) is 208 cm³/mol. The first-order valence-corrected chi connectivity index (χ1v) is 19.1. The number of carboxylic acids is 3. The molecule has 2 aliphatic rings. The number of carbonyl (C=O) groups excluding carboxylic acids is 4.